The van der Waals surface area contributed by atoms with Gasteiger partial charge in [-0.15, -0.1) is 0 Å². The fourth-order valence-corrected chi connectivity index (χ4v) is 8.64. The zero-order chi connectivity index (χ0) is 46.6. The predicted octanol–water partition coefficient (Wildman–Crippen LogP) is 8.24. The summed E-state index contributed by atoms with van der Waals surface area (Å²) < 4.78 is 46.2. The molecule has 4 N–H and O–H groups in total. The maximum atomic E-state index is 12.5. The van der Waals surface area contributed by atoms with Crippen molar-refractivity contribution in [3.8, 4) is 28.5 Å². The number of ether oxygens (including phenoxy) is 1. The minimum atomic E-state index is -4.50. The highest BCUT2D eigenvalue weighted by atomic mass is 19.4. The number of methoxy groups -OCH3 is 1. The van der Waals surface area contributed by atoms with Crippen LogP contribution in [0, 0.1) is 0 Å². The van der Waals surface area contributed by atoms with Crippen LogP contribution in [0.1, 0.15) is 112 Å². The molecule has 15 nitrogen and oxygen atoms in total. The van der Waals surface area contributed by atoms with E-state index < -0.39 is 18.6 Å². The number of aromatic amines is 2. The van der Waals surface area contributed by atoms with Crippen LogP contribution >= 0.6 is 0 Å². The zero-order valence-corrected chi connectivity index (χ0v) is 37.5. The molecule has 8 aromatic rings. The van der Waals surface area contributed by atoms with Crippen LogP contribution in [0.15, 0.2) is 79.1 Å². The van der Waals surface area contributed by atoms with Gasteiger partial charge in [-0.1, -0.05) is 30.3 Å². The molecule has 67 heavy (non-hydrogen) atoms. The summed E-state index contributed by atoms with van der Waals surface area (Å²) in [7, 11) is 5.11. The molecule has 0 saturated heterocycles. The first kappa shape index (κ1) is 43.5. The van der Waals surface area contributed by atoms with Crippen LogP contribution in [-0.4, -0.2) is 87.1 Å². The first-order valence-corrected chi connectivity index (χ1v) is 22.4. The van der Waals surface area contributed by atoms with Gasteiger partial charge in [-0.2, -0.15) is 33.6 Å². The average molecular weight is 911 g/mol. The molecule has 3 fully saturated rings. The number of carbonyl (C=O) groups excluding carboxylic acids is 2. The molecule has 0 aliphatic heterocycles. The molecule has 344 valence electrons. The number of rotatable bonds is 13. The third-order valence-electron chi connectivity index (χ3n) is 12.9. The molecule has 0 unspecified atom stereocenters. The van der Waals surface area contributed by atoms with Crippen molar-refractivity contribution >= 4 is 33.6 Å². The Kier molecular flexibility index (Phi) is 11.1. The first-order valence-electron chi connectivity index (χ1n) is 22.4. The fraction of sp³-hybridized carbons (Fsp3) is 0.347. The van der Waals surface area contributed by atoms with Crippen molar-refractivity contribution in [3.63, 3.8) is 0 Å². The lowest BCUT2D eigenvalue weighted by Gasteiger charge is -2.11. The Bertz CT molecular complexity index is 3150. The fourth-order valence-electron chi connectivity index (χ4n) is 8.64. The van der Waals surface area contributed by atoms with E-state index in [-0.39, 0.29) is 22.8 Å². The summed E-state index contributed by atoms with van der Waals surface area (Å²) in [6.45, 7) is 0.660. The Balaban J connectivity index is 0.000000157. The van der Waals surface area contributed by atoms with Gasteiger partial charge < -0.3 is 15.4 Å². The van der Waals surface area contributed by atoms with Crippen LogP contribution in [0.3, 0.4) is 0 Å². The predicted molar refractivity (Wildman–Crippen MR) is 245 cm³/mol. The number of amides is 2. The number of fused-ring (bicyclic) bond motifs is 2. The van der Waals surface area contributed by atoms with Crippen molar-refractivity contribution < 1.29 is 27.5 Å². The summed E-state index contributed by atoms with van der Waals surface area (Å²) in [5.74, 6) is 3.19. The number of nitrogens with zero attached hydrogens (tertiary/aromatic N) is 8. The molecule has 11 rings (SSSR count). The highest BCUT2D eigenvalue weighted by molar-refractivity contribution is 5.97. The van der Waals surface area contributed by atoms with Gasteiger partial charge in [0.15, 0.2) is 11.6 Å². The summed E-state index contributed by atoms with van der Waals surface area (Å²) in [5.41, 5.74) is 9.43. The van der Waals surface area contributed by atoms with Crippen molar-refractivity contribution in [2.75, 3.05) is 13.7 Å². The van der Waals surface area contributed by atoms with Gasteiger partial charge in [-0.3, -0.25) is 29.2 Å². The number of nitrogens with one attached hydrogen (secondary N) is 4. The lowest BCUT2D eigenvalue weighted by atomic mass is 9.96. The summed E-state index contributed by atoms with van der Waals surface area (Å²) in [6, 6.07) is 20.5. The van der Waals surface area contributed by atoms with Crippen molar-refractivity contribution in [2.24, 2.45) is 14.1 Å². The summed E-state index contributed by atoms with van der Waals surface area (Å²) >= 11 is 0. The summed E-state index contributed by atoms with van der Waals surface area (Å²) in [4.78, 5) is 34.2. The number of hydrogen-bond acceptors (Lipinski definition) is 9. The Labute approximate surface area is 382 Å². The van der Waals surface area contributed by atoms with Gasteiger partial charge in [-0.25, -0.2) is 9.97 Å². The van der Waals surface area contributed by atoms with Crippen LogP contribution in [0.4, 0.5) is 13.2 Å². The van der Waals surface area contributed by atoms with Crippen molar-refractivity contribution in [1.29, 1.82) is 0 Å². The van der Waals surface area contributed by atoms with Gasteiger partial charge in [-0.05, 0) is 116 Å². The molecule has 4 aromatic heterocycles. The third-order valence-corrected chi connectivity index (χ3v) is 12.9. The number of aryl methyl sites for hydroxylation is 2. The van der Waals surface area contributed by atoms with Crippen LogP contribution in [0.2, 0.25) is 0 Å². The molecule has 0 radical (unpaired) electrons. The van der Waals surface area contributed by atoms with Crippen LogP contribution < -0.4 is 15.4 Å². The maximum absolute atomic E-state index is 12.5. The number of halogens is 3. The van der Waals surface area contributed by atoms with E-state index in [0.717, 1.165) is 65.7 Å². The topological polar surface area (TPSA) is 186 Å². The van der Waals surface area contributed by atoms with E-state index in [0.29, 0.717) is 41.0 Å². The van der Waals surface area contributed by atoms with Crippen LogP contribution in [0.25, 0.3) is 44.6 Å². The lowest BCUT2D eigenvalue weighted by molar-refractivity contribution is -0.123. The second-order valence-corrected chi connectivity index (χ2v) is 18.1. The SMILES string of the molecule is COc1cc(-c2nc(Cc3ccc4[nH]ncc4c3C3CC3)n(C)n2)ccc1C(=O)NCC(F)(F)F.Cn1nc(-c2ccc(C(=O)NC3(C)CC3)cc2)nc1Cc1ccc2[nH]ncc2c1C1CC1. The number of hydrogen-bond donors (Lipinski definition) is 4. The van der Waals surface area contributed by atoms with E-state index in [2.05, 4.69) is 61.0 Å². The van der Waals surface area contributed by atoms with E-state index >= 15 is 0 Å². The van der Waals surface area contributed by atoms with E-state index in [1.54, 1.807) is 16.8 Å². The van der Waals surface area contributed by atoms with E-state index in [9.17, 15) is 22.8 Å². The van der Waals surface area contributed by atoms with Crippen molar-refractivity contribution in [3.05, 3.63) is 124 Å². The highest BCUT2D eigenvalue weighted by Crippen LogP contribution is 2.46. The molecular weight excluding hydrogens is 862 g/mol. The van der Waals surface area contributed by atoms with Crippen molar-refractivity contribution in [2.45, 2.75) is 81.8 Å². The van der Waals surface area contributed by atoms with E-state index in [1.807, 2.05) is 66.8 Å². The lowest BCUT2D eigenvalue weighted by Crippen LogP contribution is -2.34. The second kappa shape index (κ2) is 17.1. The molecule has 0 bridgehead atoms. The van der Waals surface area contributed by atoms with Crippen LogP contribution in [-0.2, 0) is 26.9 Å². The Morgan fingerprint density at radius 2 is 1.27 bits per heavy atom. The monoisotopic (exact) mass is 910 g/mol. The minimum Gasteiger partial charge on any atom is -0.496 e. The number of H-pyrrole nitrogens is 2. The molecular formula is C49H49F3N12O3. The molecule has 3 saturated carbocycles. The minimum absolute atomic E-state index is 0.000792. The first-order chi connectivity index (χ1) is 32.2. The molecule has 4 heterocycles. The molecule has 0 atom stereocenters. The standard InChI is InChI=1S/C25H26N6O.C24H23F3N6O2/c1-25(11-12-25)28-24(32)17-7-5-16(6-8-17)23-27-21(31(2)30-23)13-18-9-10-20-19(14-26-29-20)22(18)15-3-4-15;1-33-20(10-14-6-8-18-17(11-29-31-18)21(14)13-3-4-13)30-22(32-33)15-5-7-16(19(9-15)35-2)23(34)28-12-24(25,26)27/h5-10,14-15H,3-4,11-13H2,1-2H3,(H,26,29)(H,28,32);5-9,11,13H,3-4,10,12H2,1-2H3,(H,28,34)(H,29,31). The average Bonchev–Trinajstić information content (AvgIpc) is 4.28. The van der Waals surface area contributed by atoms with Crippen LogP contribution in [0.5, 0.6) is 5.75 Å². The molecule has 4 aromatic carbocycles. The number of alkyl halides is 3. The van der Waals surface area contributed by atoms with Gasteiger partial charge in [0.25, 0.3) is 11.8 Å². The zero-order valence-electron chi connectivity index (χ0n) is 37.5. The Morgan fingerprint density at radius 1 is 0.746 bits per heavy atom. The van der Waals surface area contributed by atoms with E-state index in [1.165, 1.54) is 53.7 Å². The maximum Gasteiger partial charge on any atom is 0.405 e. The van der Waals surface area contributed by atoms with E-state index in [4.69, 9.17) is 14.7 Å². The summed E-state index contributed by atoms with van der Waals surface area (Å²) in [6.07, 6.45) is 7.51. The molecule has 3 aliphatic rings. The Morgan fingerprint density at radius 3 is 1.76 bits per heavy atom. The second-order valence-electron chi connectivity index (χ2n) is 18.1. The molecule has 18 heteroatoms. The molecule has 0 spiro atoms. The smallest absolute Gasteiger partial charge is 0.405 e. The number of carbonyl (C=O) groups is 2. The highest BCUT2D eigenvalue weighted by Gasteiger charge is 2.39. The normalized spacial score (nSPS) is 15.3. The number of benzene rings is 4. The molecule has 2 amide bonds. The number of aromatic nitrogens is 10. The third kappa shape index (κ3) is 9.37. The Hall–Kier alpha value is -7.37. The molecule has 3 aliphatic carbocycles. The van der Waals surface area contributed by atoms with Gasteiger partial charge in [0.05, 0.1) is 36.1 Å². The quantitative estimate of drug-likeness (QED) is 0.0884. The largest absolute Gasteiger partial charge is 0.496 e. The van der Waals surface area contributed by atoms with Crippen molar-refractivity contribution in [1.82, 2.24) is 60.6 Å². The summed E-state index contributed by atoms with van der Waals surface area (Å²) in [5, 5.41) is 31.0. The van der Waals surface area contributed by atoms with Gasteiger partial charge >= 0.3 is 6.18 Å². The van der Waals surface area contributed by atoms with Gasteiger partial charge in [0, 0.05) is 59.9 Å². The van der Waals surface area contributed by atoms with Gasteiger partial charge in [0.2, 0.25) is 0 Å². The van der Waals surface area contributed by atoms with Gasteiger partial charge in [0.1, 0.15) is 23.9 Å².